The molecule has 1 amide bonds. The van der Waals surface area contributed by atoms with E-state index >= 15 is 0 Å². The van der Waals surface area contributed by atoms with Crippen molar-refractivity contribution in [1.82, 2.24) is 0 Å². The van der Waals surface area contributed by atoms with E-state index in [2.05, 4.69) is 5.32 Å². The Morgan fingerprint density at radius 3 is 2.55 bits per heavy atom. The van der Waals surface area contributed by atoms with E-state index in [1.54, 1.807) is 24.4 Å². The van der Waals surface area contributed by atoms with Crippen LogP contribution >= 0.6 is 0 Å². The number of quaternary nitrogens is 1. The van der Waals surface area contributed by atoms with Crippen LogP contribution in [-0.4, -0.2) is 11.9 Å². The summed E-state index contributed by atoms with van der Waals surface area (Å²) >= 11 is 0. The minimum atomic E-state index is -1.61. The van der Waals surface area contributed by atoms with Crippen molar-refractivity contribution in [3.05, 3.63) is 53.7 Å². The molecule has 0 saturated heterocycles. The first-order valence-corrected chi connectivity index (χ1v) is 6.73. The number of carbonyl (C=O) groups excluding carboxylic acids is 1. The van der Waals surface area contributed by atoms with Crippen LogP contribution in [0.1, 0.15) is 25.6 Å². The molecule has 2 aromatic rings. The van der Waals surface area contributed by atoms with Crippen molar-refractivity contribution in [2.45, 2.75) is 25.9 Å². The zero-order chi connectivity index (χ0) is 16.3. The molecule has 0 aliphatic heterocycles. The first-order valence-electron chi connectivity index (χ1n) is 6.73. The normalized spacial score (nSPS) is 13.7. The lowest BCUT2D eigenvalue weighted by Crippen LogP contribution is -2.91. The van der Waals surface area contributed by atoms with Gasteiger partial charge in [-0.15, -0.1) is 0 Å². The molecule has 1 aromatic carbocycles. The van der Waals surface area contributed by atoms with Gasteiger partial charge in [0, 0.05) is 0 Å². The van der Waals surface area contributed by atoms with Gasteiger partial charge in [0.25, 0.3) is 5.91 Å². The third-order valence-electron chi connectivity index (χ3n) is 3.28. The molecule has 1 heterocycles. The number of furan rings is 1. The summed E-state index contributed by atoms with van der Waals surface area (Å²) in [5.74, 6) is -4.17. The average molecular weight is 313 g/mol. The maximum Gasteiger partial charge on any atom is 0.282 e. The number of nitrogens with two attached hydrogens (primary N) is 1. The van der Waals surface area contributed by atoms with Crippen LogP contribution < -0.4 is 10.6 Å². The maximum atomic E-state index is 13.5. The second-order valence-electron chi connectivity index (χ2n) is 5.00. The smallest absolute Gasteiger partial charge is 0.282 e. The molecule has 22 heavy (non-hydrogen) atoms. The van der Waals surface area contributed by atoms with E-state index in [0.717, 1.165) is 12.1 Å². The summed E-state index contributed by atoms with van der Waals surface area (Å²) in [6.45, 7) is 3.47. The summed E-state index contributed by atoms with van der Waals surface area (Å²) in [5.41, 5.74) is -0.394. The average Bonchev–Trinajstić information content (AvgIpc) is 3.02. The monoisotopic (exact) mass is 313 g/mol. The van der Waals surface area contributed by atoms with Gasteiger partial charge in [0.05, 0.1) is 12.0 Å². The topological polar surface area (TPSA) is 58.9 Å². The first-order chi connectivity index (χ1) is 10.4. The molecular formula is C15H16F3N2O2+. The predicted octanol–water partition coefficient (Wildman–Crippen LogP) is 2.35. The van der Waals surface area contributed by atoms with E-state index in [4.69, 9.17) is 4.42 Å². The number of hydrogen-bond donors (Lipinski definition) is 2. The molecule has 7 heteroatoms. The van der Waals surface area contributed by atoms with Gasteiger partial charge in [-0.25, -0.2) is 13.2 Å². The molecule has 0 fully saturated rings. The molecule has 1 aromatic heterocycles. The molecule has 0 bridgehead atoms. The summed E-state index contributed by atoms with van der Waals surface area (Å²) in [6.07, 6.45) is 1.53. The Bertz CT molecular complexity index is 659. The maximum absolute atomic E-state index is 13.5. The highest BCUT2D eigenvalue weighted by Gasteiger charge is 2.23. The highest BCUT2D eigenvalue weighted by molar-refractivity contribution is 5.93. The zero-order valence-corrected chi connectivity index (χ0v) is 12.1. The number of anilines is 1. The number of hydrogen-bond acceptors (Lipinski definition) is 2. The fourth-order valence-electron chi connectivity index (χ4n) is 2.03. The van der Waals surface area contributed by atoms with Gasteiger partial charge in [0.2, 0.25) is 0 Å². The van der Waals surface area contributed by atoms with Crippen LogP contribution in [0.4, 0.5) is 18.9 Å². The highest BCUT2D eigenvalue weighted by atomic mass is 19.2. The van der Waals surface area contributed by atoms with Gasteiger partial charge >= 0.3 is 0 Å². The van der Waals surface area contributed by atoms with Crippen molar-refractivity contribution >= 4 is 11.6 Å². The molecular weight excluding hydrogens is 297 g/mol. The van der Waals surface area contributed by atoms with Crippen molar-refractivity contribution in [3.63, 3.8) is 0 Å². The molecule has 2 atom stereocenters. The van der Waals surface area contributed by atoms with Gasteiger partial charge < -0.3 is 15.1 Å². The largest absolute Gasteiger partial charge is 0.463 e. The summed E-state index contributed by atoms with van der Waals surface area (Å²) in [5, 5.41) is 3.96. The minimum Gasteiger partial charge on any atom is -0.463 e. The van der Waals surface area contributed by atoms with Crippen molar-refractivity contribution in [3.8, 4) is 0 Å². The summed E-state index contributed by atoms with van der Waals surface area (Å²) < 4.78 is 44.7. The lowest BCUT2D eigenvalue weighted by Gasteiger charge is -2.15. The molecule has 0 aliphatic carbocycles. The van der Waals surface area contributed by atoms with Crippen LogP contribution in [0.3, 0.4) is 0 Å². The van der Waals surface area contributed by atoms with E-state index in [-0.39, 0.29) is 6.04 Å². The second kappa shape index (κ2) is 6.65. The lowest BCUT2D eigenvalue weighted by molar-refractivity contribution is -0.711. The molecule has 0 unspecified atom stereocenters. The lowest BCUT2D eigenvalue weighted by atomic mass is 10.2. The number of carbonyl (C=O) groups is 1. The van der Waals surface area contributed by atoms with Gasteiger partial charge in [-0.2, -0.15) is 0 Å². The molecule has 0 saturated carbocycles. The van der Waals surface area contributed by atoms with Crippen molar-refractivity contribution < 1.29 is 27.7 Å². The van der Waals surface area contributed by atoms with E-state index in [9.17, 15) is 18.0 Å². The standard InChI is InChI=1S/C15H15F3N2O2/c1-8(12-4-3-7-22-12)19-9(2)15(21)20-11-6-5-10(16)13(17)14(11)18/h3-9,19H,1-2H3,(H,20,21)/p+1/t8-,9-/m1/s1. The third kappa shape index (κ3) is 3.48. The first kappa shape index (κ1) is 16.1. The van der Waals surface area contributed by atoms with Crippen LogP contribution in [0.2, 0.25) is 0 Å². The Hall–Kier alpha value is -2.28. The Kier molecular flexibility index (Phi) is 4.87. The third-order valence-corrected chi connectivity index (χ3v) is 3.28. The molecule has 0 aliphatic rings. The number of nitrogens with one attached hydrogen (secondary N) is 1. The fourth-order valence-corrected chi connectivity index (χ4v) is 2.03. The van der Waals surface area contributed by atoms with Gasteiger partial charge in [-0.05, 0) is 38.1 Å². The van der Waals surface area contributed by atoms with E-state index < -0.39 is 35.1 Å². The van der Waals surface area contributed by atoms with E-state index in [1.165, 1.54) is 6.26 Å². The minimum absolute atomic E-state index is 0.120. The van der Waals surface area contributed by atoms with Gasteiger partial charge in [-0.1, -0.05) is 0 Å². The van der Waals surface area contributed by atoms with Gasteiger partial charge in [0.15, 0.2) is 29.3 Å². The fraction of sp³-hybridized carbons (Fsp3) is 0.267. The predicted molar refractivity (Wildman–Crippen MR) is 73.5 cm³/mol. The molecule has 4 nitrogen and oxygen atoms in total. The number of amides is 1. The molecule has 118 valence electrons. The van der Waals surface area contributed by atoms with Crippen molar-refractivity contribution in [2.75, 3.05) is 5.32 Å². The van der Waals surface area contributed by atoms with E-state index in [0.29, 0.717) is 5.76 Å². The second-order valence-corrected chi connectivity index (χ2v) is 5.00. The Morgan fingerprint density at radius 2 is 1.91 bits per heavy atom. The van der Waals surface area contributed by atoms with E-state index in [1.807, 2.05) is 6.92 Å². The van der Waals surface area contributed by atoms with Crippen LogP contribution in [0.15, 0.2) is 34.9 Å². The number of benzene rings is 1. The quantitative estimate of drug-likeness (QED) is 0.833. The molecule has 0 spiro atoms. The Morgan fingerprint density at radius 1 is 1.18 bits per heavy atom. The zero-order valence-electron chi connectivity index (χ0n) is 12.1. The molecule has 0 radical (unpaired) electrons. The summed E-state index contributed by atoms with van der Waals surface area (Å²) in [6, 6.07) is 4.56. The van der Waals surface area contributed by atoms with Crippen LogP contribution in [0, 0.1) is 17.5 Å². The summed E-state index contributed by atoms with van der Waals surface area (Å²) in [4.78, 5) is 12.0. The SMILES string of the molecule is C[C@@H]([NH2+][C@H](C)c1ccco1)C(=O)Nc1ccc(F)c(F)c1F. The molecule has 3 N–H and O–H groups in total. The van der Waals surface area contributed by atoms with Gasteiger partial charge in [-0.3, -0.25) is 4.79 Å². The summed E-state index contributed by atoms with van der Waals surface area (Å²) in [7, 11) is 0. The Balaban J connectivity index is 2.01. The van der Waals surface area contributed by atoms with Crippen LogP contribution in [-0.2, 0) is 4.79 Å². The highest BCUT2D eigenvalue weighted by Crippen LogP contribution is 2.19. The Labute approximate surface area is 125 Å². The van der Waals surface area contributed by atoms with Crippen LogP contribution in [0.5, 0.6) is 0 Å². The number of halogens is 3. The van der Waals surface area contributed by atoms with Crippen molar-refractivity contribution in [2.24, 2.45) is 0 Å². The number of rotatable bonds is 5. The van der Waals surface area contributed by atoms with Crippen molar-refractivity contribution in [1.29, 1.82) is 0 Å². The van der Waals surface area contributed by atoms with Gasteiger partial charge in [0.1, 0.15) is 6.04 Å². The molecule has 2 rings (SSSR count). The van der Waals surface area contributed by atoms with Crippen LogP contribution in [0.25, 0.3) is 0 Å².